The number of carbonyl (C=O) groups is 1. The van der Waals surface area contributed by atoms with E-state index in [4.69, 9.17) is 14.2 Å². The summed E-state index contributed by atoms with van der Waals surface area (Å²) in [5, 5.41) is 2.73. The lowest BCUT2D eigenvalue weighted by Crippen LogP contribution is -2.38. The van der Waals surface area contributed by atoms with E-state index in [0.717, 1.165) is 9.87 Å². The van der Waals surface area contributed by atoms with Gasteiger partial charge in [-0.2, -0.15) is 0 Å². The van der Waals surface area contributed by atoms with Crippen molar-refractivity contribution in [3.8, 4) is 17.2 Å². The Hall–Kier alpha value is -3.98. The van der Waals surface area contributed by atoms with Crippen LogP contribution in [0.1, 0.15) is 5.56 Å². The standard InChI is InChI=1S/C26H28N2O6S/c1-5-16-34-21-10-8-20(9-11-21)27-26(29)18-28(24-15-12-22(32-3)17-25(24)33-4)35(30,31)23-13-6-19(2)7-14-23/h5-15,17H,1,16,18H2,2-4H3,(H,27,29). The van der Waals surface area contributed by atoms with Crippen molar-refractivity contribution in [3.63, 3.8) is 0 Å². The van der Waals surface area contributed by atoms with Crippen LogP contribution in [0.25, 0.3) is 0 Å². The summed E-state index contributed by atoms with van der Waals surface area (Å²) in [7, 11) is -1.19. The zero-order valence-electron chi connectivity index (χ0n) is 19.9. The highest BCUT2D eigenvalue weighted by atomic mass is 32.2. The van der Waals surface area contributed by atoms with Gasteiger partial charge >= 0.3 is 0 Å². The largest absolute Gasteiger partial charge is 0.497 e. The number of methoxy groups -OCH3 is 2. The predicted octanol–water partition coefficient (Wildman–Crippen LogP) is 4.41. The third kappa shape index (κ3) is 6.33. The second-order valence-corrected chi connectivity index (χ2v) is 9.40. The smallest absolute Gasteiger partial charge is 0.264 e. The zero-order valence-corrected chi connectivity index (χ0v) is 20.7. The van der Waals surface area contributed by atoms with Crippen LogP contribution in [0.4, 0.5) is 11.4 Å². The molecule has 0 aromatic heterocycles. The Balaban J connectivity index is 1.93. The molecular formula is C26H28N2O6S. The number of nitrogens with one attached hydrogen (secondary N) is 1. The molecule has 3 rings (SSSR count). The number of amides is 1. The van der Waals surface area contributed by atoms with E-state index >= 15 is 0 Å². The molecule has 0 fully saturated rings. The number of rotatable bonds is 11. The number of hydrogen-bond donors (Lipinski definition) is 1. The maximum atomic E-state index is 13.6. The molecule has 1 amide bonds. The van der Waals surface area contributed by atoms with Crippen LogP contribution in [0.3, 0.4) is 0 Å². The first kappa shape index (κ1) is 25.6. The minimum Gasteiger partial charge on any atom is -0.497 e. The number of sulfonamides is 1. The summed E-state index contributed by atoms with van der Waals surface area (Å²) in [6.45, 7) is 5.35. The number of anilines is 2. The summed E-state index contributed by atoms with van der Waals surface area (Å²) in [5.74, 6) is 0.825. The zero-order chi connectivity index (χ0) is 25.4. The van der Waals surface area contributed by atoms with E-state index in [1.54, 1.807) is 60.7 Å². The van der Waals surface area contributed by atoms with Crippen LogP contribution >= 0.6 is 0 Å². The van der Waals surface area contributed by atoms with Crippen LogP contribution in [0.5, 0.6) is 17.2 Å². The fourth-order valence-electron chi connectivity index (χ4n) is 3.25. The molecule has 0 atom stereocenters. The summed E-state index contributed by atoms with van der Waals surface area (Å²) in [5.41, 5.74) is 1.61. The highest BCUT2D eigenvalue weighted by Crippen LogP contribution is 2.35. The van der Waals surface area contributed by atoms with Crippen molar-refractivity contribution < 1.29 is 27.4 Å². The number of benzene rings is 3. The Kier molecular flexibility index (Phi) is 8.38. The van der Waals surface area contributed by atoms with E-state index in [9.17, 15) is 13.2 Å². The number of ether oxygens (including phenoxy) is 3. The molecule has 0 heterocycles. The van der Waals surface area contributed by atoms with Gasteiger partial charge in [-0.05, 0) is 55.5 Å². The van der Waals surface area contributed by atoms with E-state index in [1.807, 2.05) is 6.92 Å². The van der Waals surface area contributed by atoms with Gasteiger partial charge in [0.05, 0.1) is 24.8 Å². The van der Waals surface area contributed by atoms with Gasteiger partial charge < -0.3 is 19.5 Å². The molecule has 184 valence electrons. The summed E-state index contributed by atoms with van der Waals surface area (Å²) in [6, 6.07) is 17.9. The maximum Gasteiger partial charge on any atom is 0.264 e. The van der Waals surface area contributed by atoms with Gasteiger partial charge in [0.2, 0.25) is 5.91 Å². The fraction of sp³-hybridized carbons (Fsp3) is 0.192. The normalized spacial score (nSPS) is 10.8. The minimum atomic E-state index is -4.11. The van der Waals surface area contributed by atoms with Crippen LogP contribution in [-0.4, -0.2) is 41.7 Å². The average molecular weight is 497 g/mol. The van der Waals surface area contributed by atoms with Crippen molar-refractivity contribution in [1.29, 1.82) is 0 Å². The average Bonchev–Trinajstić information content (AvgIpc) is 2.86. The van der Waals surface area contributed by atoms with Crippen LogP contribution in [0.2, 0.25) is 0 Å². The van der Waals surface area contributed by atoms with Crippen molar-refractivity contribution >= 4 is 27.3 Å². The quantitative estimate of drug-likeness (QED) is 0.395. The van der Waals surface area contributed by atoms with Gasteiger partial charge in [0.25, 0.3) is 10.0 Å². The molecule has 0 aliphatic rings. The molecule has 0 radical (unpaired) electrons. The number of nitrogens with zero attached hydrogens (tertiary/aromatic N) is 1. The monoisotopic (exact) mass is 496 g/mol. The van der Waals surface area contributed by atoms with Crippen LogP contribution < -0.4 is 23.8 Å². The van der Waals surface area contributed by atoms with Crippen molar-refractivity contribution in [1.82, 2.24) is 0 Å². The molecule has 0 saturated carbocycles. The van der Waals surface area contributed by atoms with Gasteiger partial charge in [0, 0.05) is 11.8 Å². The first-order chi connectivity index (χ1) is 16.8. The van der Waals surface area contributed by atoms with Gasteiger partial charge in [-0.15, -0.1) is 0 Å². The van der Waals surface area contributed by atoms with Crippen molar-refractivity contribution in [2.75, 3.05) is 37.0 Å². The fourth-order valence-corrected chi connectivity index (χ4v) is 4.68. The highest BCUT2D eigenvalue weighted by Gasteiger charge is 2.29. The Labute approximate surface area is 205 Å². The lowest BCUT2D eigenvalue weighted by atomic mass is 10.2. The first-order valence-corrected chi connectivity index (χ1v) is 12.2. The third-order valence-electron chi connectivity index (χ3n) is 5.06. The molecule has 0 aliphatic carbocycles. The highest BCUT2D eigenvalue weighted by molar-refractivity contribution is 7.92. The molecule has 0 aliphatic heterocycles. The molecule has 0 spiro atoms. The molecule has 9 heteroatoms. The topological polar surface area (TPSA) is 94.2 Å². The first-order valence-electron chi connectivity index (χ1n) is 10.7. The van der Waals surface area contributed by atoms with Crippen molar-refractivity contribution in [2.45, 2.75) is 11.8 Å². The lowest BCUT2D eigenvalue weighted by molar-refractivity contribution is -0.114. The molecule has 0 bridgehead atoms. The molecular weight excluding hydrogens is 468 g/mol. The second kappa shape index (κ2) is 11.4. The Morgan fingerprint density at radius 2 is 1.63 bits per heavy atom. The molecule has 8 nitrogen and oxygen atoms in total. The predicted molar refractivity (Wildman–Crippen MR) is 136 cm³/mol. The van der Waals surface area contributed by atoms with Crippen molar-refractivity contribution in [3.05, 3.63) is 84.9 Å². The summed E-state index contributed by atoms with van der Waals surface area (Å²) in [6.07, 6.45) is 1.63. The summed E-state index contributed by atoms with van der Waals surface area (Å²) in [4.78, 5) is 13.0. The van der Waals surface area contributed by atoms with Crippen LogP contribution in [0.15, 0.2) is 84.3 Å². The van der Waals surface area contributed by atoms with Crippen molar-refractivity contribution in [2.24, 2.45) is 0 Å². The maximum absolute atomic E-state index is 13.6. The molecule has 3 aromatic carbocycles. The van der Waals surface area contributed by atoms with E-state index in [0.29, 0.717) is 23.8 Å². The van der Waals surface area contributed by atoms with Gasteiger partial charge in [0.1, 0.15) is 30.4 Å². The van der Waals surface area contributed by atoms with Gasteiger partial charge in [-0.1, -0.05) is 30.4 Å². The number of carbonyl (C=O) groups excluding carboxylic acids is 1. The number of aryl methyl sites for hydroxylation is 1. The van der Waals surface area contributed by atoms with Gasteiger partial charge in [0.15, 0.2) is 0 Å². The lowest BCUT2D eigenvalue weighted by Gasteiger charge is -2.26. The summed E-state index contributed by atoms with van der Waals surface area (Å²) < 4.78 is 44.4. The second-order valence-electron chi connectivity index (χ2n) is 7.53. The molecule has 35 heavy (non-hydrogen) atoms. The Morgan fingerprint density at radius 3 is 2.23 bits per heavy atom. The van der Waals surface area contributed by atoms with Crippen LogP contribution in [0, 0.1) is 6.92 Å². The van der Waals surface area contributed by atoms with E-state index in [2.05, 4.69) is 11.9 Å². The minimum absolute atomic E-state index is 0.0532. The van der Waals surface area contributed by atoms with Crippen LogP contribution in [-0.2, 0) is 14.8 Å². The Bertz CT molecular complexity index is 1270. The molecule has 0 unspecified atom stereocenters. The van der Waals surface area contributed by atoms with Gasteiger partial charge in [-0.3, -0.25) is 9.10 Å². The third-order valence-corrected chi connectivity index (χ3v) is 6.83. The SMILES string of the molecule is C=CCOc1ccc(NC(=O)CN(c2ccc(OC)cc2OC)S(=O)(=O)c2ccc(C)cc2)cc1. The molecule has 1 N–H and O–H groups in total. The van der Waals surface area contributed by atoms with E-state index in [-0.39, 0.29) is 16.3 Å². The molecule has 3 aromatic rings. The number of hydrogen-bond acceptors (Lipinski definition) is 6. The summed E-state index contributed by atoms with van der Waals surface area (Å²) >= 11 is 0. The Morgan fingerprint density at radius 1 is 0.971 bits per heavy atom. The molecule has 0 saturated heterocycles. The van der Waals surface area contributed by atoms with Gasteiger partial charge in [-0.25, -0.2) is 8.42 Å². The van der Waals surface area contributed by atoms with E-state index in [1.165, 1.54) is 26.4 Å². The van der Waals surface area contributed by atoms with E-state index < -0.39 is 22.5 Å².